The van der Waals surface area contributed by atoms with Crippen molar-refractivity contribution < 1.29 is 19.4 Å². The quantitative estimate of drug-likeness (QED) is 0.531. The number of aromatic hydroxyl groups is 1. The molecule has 2 aromatic rings. The second-order valence-electron chi connectivity index (χ2n) is 6.91. The Bertz CT molecular complexity index is 844. The molecule has 0 unspecified atom stereocenters. The smallest absolute Gasteiger partial charge is 0.277 e. The molecule has 0 bridgehead atoms. The number of amides is 1. The van der Waals surface area contributed by atoms with Crippen molar-refractivity contribution in [1.82, 2.24) is 5.43 Å². The molecule has 2 aromatic carbocycles. The first-order chi connectivity index (χ1) is 12.7. The summed E-state index contributed by atoms with van der Waals surface area (Å²) in [4.78, 5) is 11.9. The fraction of sp³-hybridized carbons (Fsp3) is 0.300. The van der Waals surface area contributed by atoms with Crippen LogP contribution in [0.2, 0.25) is 0 Å². The van der Waals surface area contributed by atoms with Gasteiger partial charge in [-0.2, -0.15) is 5.10 Å². The van der Waals surface area contributed by atoms with Crippen molar-refractivity contribution in [3.63, 3.8) is 0 Å². The molecule has 2 rings (SSSR count). The largest absolute Gasteiger partial charge is 0.504 e. The third kappa shape index (κ3) is 5.99. The first kappa shape index (κ1) is 20.8. The van der Waals surface area contributed by atoms with Gasteiger partial charge in [0.25, 0.3) is 5.91 Å². The topological polar surface area (TPSA) is 80.2 Å². The number of halogens is 1. The van der Waals surface area contributed by atoms with E-state index >= 15 is 0 Å². The number of nitrogens with zero attached hydrogens (tertiary/aromatic N) is 1. The summed E-state index contributed by atoms with van der Waals surface area (Å²) in [6, 6.07) is 10.6. The number of ether oxygens (including phenoxy) is 2. The Morgan fingerprint density at radius 1 is 1.22 bits per heavy atom. The maximum absolute atomic E-state index is 11.9. The molecular weight excluding hydrogens is 412 g/mol. The third-order valence-electron chi connectivity index (χ3n) is 3.76. The van der Waals surface area contributed by atoms with Gasteiger partial charge in [-0.05, 0) is 62.8 Å². The minimum Gasteiger partial charge on any atom is -0.504 e. The molecule has 2 N–H and O–H groups in total. The summed E-state index contributed by atoms with van der Waals surface area (Å²) in [6.07, 6.45) is 1.42. The van der Waals surface area contributed by atoms with E-state index in [-0.39, 0.29) is 17.8 Å². The number of carbonyl (C=O) groups is 1. The second kappa shape index (κ2) is 8.90. The lowest BCUT2D eigenvalue weighted by molar-refractivity contribution is -0.123. The number of methoxy groups -OCH3 is 1. The zero-order chi connectivity index (χ0) is 20.0. The molecule has 0 saturated carbocycles. The molecule has 0 aromatic heterocycles. The number of rotatable bonds is 6. The monoisotopic (exact) mass is 434 g/mol. The maximum Gasteiger partial charge on any atom is 0.277 e. The molecule has 0 heterocycles. The van der Waals surface area contributed by atoms with E-state index < -0.39 is 5.91 Å². The van der Waals surface area contributed by atoms with Crippen LogP contribution in [-0.4, -0.2) is 30.9 Å². The molecular formula is C20H23BrN2O4. The summed E-state index contributed by atoms with van der Waals surface area (Å²) in [7, 11) is 1.47. The Kier molecular flexibility index (Phi) is 6.85. The van der Waals surface area contributed by atoms with Crippen molar-refractivity contribution in [2.24, 2.45) is 5.10 Å². The summed E-state index contributed by atoms with van der Waals surface area (Å²) in [5.41, 5.74) is 4.20. The van der Waals surface area contributed by atoms with Crippen LogP contribution in [0, 0.1) is 0 Å². The summed E-state index contributed by atoms with van der Waals surface area (Å²) in [5, 5.41) is 13.6. The minimum absolute atomic E-state index is 0.000311. The lowest BCUT2D eigenvalue weighted by Gasteiger charge is -2.20. The number of phenols is 1. The van der Waals surface area contributed by atoms with Crippen LogP contribution in [0.1, 0.15) is 31.9 Å². The molecule has 27 heavy (non-hydrogen) atoms. The molecule has 0 aliphatic heterocycles. The van der Waals surface area contributed by atoms with Crippen LogP contribution < -0.4 is 14.9 Å². The van der Waals surface area contributed by atoms with Gasteiger partial charge in [0.2, 0.25) is 0 Å². The van der Waals surface area contributed by atoms with Crippen molar-refractivity contribution in [2.45, 2.75) is 26.2 Å². The van der Waals surface area contributed by atoms with E-state index in [9.17, 15) is 9.90 Å². The number of hydrogen-bond acceptors (Lipinski definition) is 5. The fourth-order valence-corrected chi connectivity index (χ4v) is 2.72. The zero-order valence-electron chi connectivity index (χ0n) is 15.7. The first-order valence-corrected chi connectivity index (χ1v) is 9.11. The van der Waals surface area contributed by atoms with Gasteiger partial charge in [-0.25, -0.2) is 5.43 Å². The minimum atomic E-state index is -0.393. The van der Waals surface area contributed by atoms with E-state index in [4.69, 9.17) is 9.47 Å². The van der Waals surface area contributed by atoms with Crippen LogP contribution in [0.5, 0.6) is 17.2 Å². The number of benzene rings is 2. The highest BCUT2D eigenvalue weighted by molar-refractivity contribution is 9.10. The van der Waals surface area contributed by atoms with Gasteiger partial charge in [0.1, 0.15) is 5.75 Å². The first-order valence-electron chi connectivity index (χ1n) is 8.32. The number of hydrazone groups is 1. The average molecular weight is 435 g/mol. The van der Waals surface area contributed by atoms with Gasteiger partial charge in [0.15, 0.2) is 18.1 Å². The number of nitrogens with one attached hydrogen (secondary N) is 1. The SMILES string of the molecule is COc1ccc(/C=N\NC(=O)COc2ccc(C(C)(C)C)cc2Br)cc1O. The zero-order valence-corrected chi connectivity index (χ0v) is 17.3. The van der Waals surface area contributed by atoms with Gasteiger partial charge in [-0.15, -0.1) is 0 Å². The van der Waals surface area contributed by atoms with Gasteiger partial charge in [0.05, 0.1) is 17.8 Å². The summed E-state index contributed by atoms with van der Waals surface area (Å²) < 4.78 is 11.3. The van der Waals surface area contributed by atoms with Crippen LogP contribution in [0.4, 0.5) is 0 Å². The van der Waals surface area contributed by atoms with Crippen LogP contribution in [0.25, 0.3) is 0 Å². The van der Waals surface area contributed by atoms with Crippen molar-refractivity contribution in [3.8, 4) is 17.2 Å². The number of phenolic OH excluding ortho intramolecular Hbond substituents is 1. The Hall–Kier alpha value is -2.54. The fourth-order valence-electron chi connectivity index (χ4n) is 2.23. The average Bonchev–Trinajstić information content (AvgIpc) is 2.60. The Morgan fingerprint density at radius 3 is 2.52 bits per heavy atom. The predicted octanol–water partition coefficient (Wildman–Crippen LogP) is 3.99. The highest BCUT2D eigenvalue weighted by atomic mass is 79.9. The van der Waals surface area contributed by atoms with E-state index in [1.54, 1.807) is 12.1 Å². The lowest BCUT2D eigenvalue weighted by atomic mass is 9.87. The lowest BCUT2D eigenvalue weighted by Crippen LogP contribution is -2.24. The van der Waals surface area contributed by atoms with Gasteiger partial charge in [0, 0.05) is 0 Å². The highest BCUT2D eigenvalue weighted by Gasteiger charge is 2.15. The predicted molar refractivity (Wildman–Crippen MR) is 109 cm³/mol. The normalized spacial score (nSPS) is 11.4. The maximum atomic E-state index is 11.9. The molecule has 0 aliphatic rings. The third-order valence-corrected chi connectivity index (χ3v) is 4.38. The number of carbonyl (C=O) groups excluding carboxylic acids is 1. The molecule has 0 atom stereocenters. The Balaban J connectivity index is 1.88. The molecule has 0 spiro atoms. The van der Waals surface area contributed by atoms with Crippen molar-refractivity contribution >= 4 is 28.1 Å². The van der Waals surface area contributed by atoms with Crippen LogP contribution >= 0.6 is 15.9 Å². The molecule has 1 amide bonds. The summed E-state index contributed by atoms with van der Waals surface area (Å²) in [5.74, 6) is 0.560. The van der Waals surface area contributed by atoms with Gasteiger partial charge in [-0.1, -0.05) is 26.8 Å². The van der Waals surface area contributed by atoms with Gasteiger partial charge in [-0.3, -0.25) is 4.79 Å². The highest BCUT2D eigenvalue weighted by Crippen LogP contribution is 2.31. The van der Waals surface area contributed by atoms with E-state index in [1.807, 2.05) is 18.2 Å². The van der Waals surface area contributed by atoms with Crippen molar-refractivity contribution in [1.29, 1.82) is 0 Å². The van der Waals surface area contributed by atoms with E-state index in [2.05, 4.69) is 47.2 Å². The van der Waals surface area contributed by atoms with Crippen LogP contribution in [0.3, 0.4) is 0 Å². The summed E-state index contributed by atoms with van der Waals surface area (Å²) in [6.45, 7) is 6.22. The second-order valence-corrected chi connectivity index (χ2v) is 7.76. The number of hydrogen-bond donors (Lipinski definition) is 2. The summed E-state index contributed by atoms with van der Waals surface area (Å²) >= 11 is 3.47. The Morgan fingerprint density at radius 2 is 1.93 bits per heavy atom. The molecule has 0 aliphatic carbocycles. The standard InChI is InChI=1S/C20H23BrN2O4/c1-20(2,3)14-6-8-17(15(21)10-14)27-12-19(25)23-22-11-13-5-7-18(26-4)16(24)9-13/h5-11,24H,12H2,1-4H3,(H,23,25)/b22-11-. The molecule has 0 fully saturated rings. The molecule has 0 radical (unpaired) electrons. The Labute approximate surface area is 167 Å². The van der Waals surface area contributed by atoms with E-state index in [0.29, 0.717) is 17.1 Å². The molecule has 144 valence electrons. The van der Waals surface area contributed by atoms with Crippen molar-refractivity contribution in [2.75, 3.05) is 13.7 Å². The van der Waals surface area contributed by atoms with Crippen LogP contribution in [0.15, 0.2) is 46.0 Å². The van der Waals surface area contributed by atoms with E-state index in [0.717, 1.165) is 4.47 Å². The molecule has 7 heteroatoms. The van der Waals surface area contributed by atoms with E-state index in [1.165, 1.54) is 25.0 Å². The molecule has 6 nitrogen and oxygen atoms in total. The van der Waals surface area contributed by atoms with Gasteiger partial charge >= 0.3 is 0 Å². The van der Waals surface area contributed by atoms with Crippen LogP contribution in [-0.2, 0) is 10.2 Å². The van der Waals surface area contributed by atoms with Gasteiger partial charge < -0.3 is 14.6 Å². The van der Waals surface area contributed by atoms with Crippen molar-refractivity contribution in [3.05, 3.63) is 52.0 Å². The molecule has 0 saturated heterocycles.